The van der Waals surface area contributed by atoms with Gasteiger partial charge in [-0.3, -0.25) is 0 Å². The molecule has 2 aliphatic rings. The van der Waals surface area contributed by atoms with Crippen molar-refractivity contribution in [2.75, 3.05) is 32.8 Å². The molecule has 5 heteroatoms. The largest absolute Gasteiger partial charge is 0.497 e. The van der Waals surface area contributed by atoms with E-state index in [-0.39, 0.29) is 12.7 Å². The molecule has 1 saturated heterocycles. The zero-order valence-corrected chi connectivity index (χ0v) is 14.0. The van der Waals surface area contributed by atoms with Crippen LogP contribution in [0.1, 0.15) is 43.8 Å². The Morgan fingerprint density at radius 1 is 1.26 bits per heavy atom. The highest BCUT2D eigenvalue weighted by Crippen LogP contribution is 2.49. The van der Waals surface area contributed by atoms with Gasteiger partial charge in [-0.25, -0.2) is 0 Å². The van der Waals surface area contributed by atoms with E-state index in [0.717, 1.165) is 55.0 Å². The van der Waals surface area contributed by atoms with Crippen LogP contribution in [0.3, 0.4) is 0 Å². The number of aliphatic hydroxyl groups excluding tert-OH is 1. The van der Waals surface area contributed by atoms with Crippen LogP contribution in [0.4, 0.5) is 5.69 Å². The first kappa shape index (κ1) is 16.4. The van der Waals surface area contributed by atoms with Gasteiger partial charge in [0.15, 0.2) is 0 Å². The molecule has 0 aliphatic carbocycles. The predicted molar refractivity (Wildman–Crippen MR) is 89.3 cm³/mol. The van der Waals surface area contributed by atoms with E-state index in [1.807, 2.05) is 6.07 Å². The number of methoxy groups -OCH3 is 2. The molecular weight excluding hydrogens is 294 g/mol. The van der Waals surface area contributed by atoms with Gasteiger partial charge >= 0.3 is 0 Å². The molecule has 3 rings (SSSR count). The first-order valence-corrected chi connectivity index (χ1v) is 8.53. The number of unbranched alkanes of at least 4 members (excludes halogenated alkanes) is 1. The molecule has 0 spiro atoms. The van der Waals surface area contributed by atoms with Crippen molar-refractivity contribution in [3.8, 4) is 11.5 Å². The third-order valence-corrected chi connectivity index (χ3v) is 5.01. The minimum Gasteiger partial charge on any atom is -0.497 e. The molecule has 0 saturated carbocycles. The number of fused-ring (bicyclic) bond motifs is 3. The van der Waals surface area contributed by atoms with Gasteiger partial charge < -0.3 is 24.6 Å². The third-order valence-electron chi connectivity index (χ3n) is 5.01. The summed E-state index contributed by atoms with van der Waals surface area (Å²) in [7, 11) is 3.36. The summed E-state index contributed by atoms with van der Waals surface area (Å²) in [5.41, 5.74) is 2.18. The molecule has 0 radical (unpaired) electrons. The molecule has 23 heavy (non-hydrogen) atoms. The fraction of sp³-hybridized carbons (Fsp3) is 0.667. The Bertz CT molecular complexity index is 534. The summed E-state index contributed by atoms with van der Waals surface area (Å²) >= 11 is 0. The lowest BCUT2D eigenvalue weighted by Crippen LogP contribution is -2.41. The Balaban J connectivity index is 1.93. The van der Waals surface area contributed by atoms with Crippen LogP contribution in [-0.4, -0.2) is 38.6 Å². The van der Waals surface area contributed by atoms with Gasteiger partial charge in [0, 0.05) is 36.8 Å². The molecule has 1 aromatic carbocycles. The smallest absolute Gasteiger partial charge is 0.146 e. The van der Waals surface area contributed by atoms with E-state index in [0.29, 0.717) is 12.0 Å². The second-order valence-electron chi connectivity index (χ2n) is 6.36. The molecule has 0 amide bonds. The van der Waals surface area contributed by atoms with E-state index >= 15 is 0 Å². The zero-order valence-electron chi connectivity index (χ0n) is 14.0. The van der Waals surface area contributed by atoms with Crippen molar-refractivity contribution in [2.24, 2.45) is 5.92 Å². The minimum absolute atomic E-state index is 0.100. The summed E-state index contributed by atoms with van der Waals surface area (Å²) in [5, 5.41) is 12.7. The van der Waals surface area contributed by atoms with Gasteiger partial charge in [-0.05, 0) is 38.2 Å². The normalized spacial score (nSPS) is 26.0. The highest BCUT2D eigenvalue weighted by Gasteiger charge is 2.40. The van der Waals surface area contributed by atoms with Gasteiger partial charge in [0.1, 0.15) is 11.5 Å². The average molecular weight is 321 g/mol. The summed E-state index contributed by atoms with van der Waals surface area (Å²) in [6.45, 7) is 1.07. The van der Waals surface area contributed by atoms with Crippen molar-refractivity contribution in [3.05, 3.63) is 17.7 Å². The number of aliphatic hydroxyl groups is 1. The Morgan fingerprint density at radius 3 is 2.87 bits per heavy atom. The number of rotatable bonds is 6. The summed E-state index contributed by atoms with van der Waals surface area (Å²) in [6, 6.07) is 4.35. The number of nitrogens with one attached hydrogen (secondary N) is 1. The second-order valence-corrected chi connectivity index (χ2v) is 6.36. The maximum Gasteiger partial charge on any atom is 0.146 e. The molecule has 5 nitrogen and oxygen atoms in total. The van der Waals surface area contributed by atoms with Crippen molar-refractivity contribution in [2.45, 2.75) is 44.2 Å². The van der Waals surface area contributed by atoms with Gasteiger partial charge in [-0.15, -0.1) is 0 Å². The van der Waals surface area contributed by atoms with E-state index < -0.39 is 0 Å². The Labute approximate surface area is 137 Å². The summed E-state index contributed by atoms with van der Waals surface area (Å²) in [6.07, 6.45) is 5.28. The minimum atomic E-state index is 0.100. The molecule has 0 unspecified atom stereocenters. The quantitative estimate of drug-likeness (QED) is 0.788. The van der Waals surface area contributed by atoms with Crippen LogP contribution in [0.25, 0.3) is 0 Å². The SMILES string of the molecule is COc1cc(OC)c2c(c1)[C@@H]1OCCC[C@H]1[C@@H](CCCCO)N2. The summed E-state index contributed by atoms with van der Waals surface area (Å²) in [5.74, 6) is 2.07. The van der Waals surface area contributed by atoms with Crippen molar-refractivity contribution < 1.29 is 19.3 Å². The topological polar surface area (TPSA) is 60.0 Å². The fourth-order valence-corrected chi connectivity index (χ4v) is 3.86. The molecule has 1 fully saturated rings. The van der Waals surface area contributed by atoms with Crippen LogP contribution in [0.15, 0.2) is 12.1 Å². The van der Waals surface area contributed by atoms with Crippen molar-refractivity contribution in [3.63, 3.8) is 0 Å². The Hall–Kier alpha value is -1.46. The van der Waals surface area contributed by atoms with Gasteiger partial charge in [-0.2, -0.15) is 0 Å². The maximum atomic E-state index is 9.05. The van der Waals surface area contributed by atoms with Crippen molar-refractivity contribution in [1.29, 1.82) is 0 Å². The first-order chi connectivity index (χ1) is 11.3. The van der Waals surface area contributed by atoms with Crippen LogP contribution in [0, 0.1) is 5.92 Å². The third kappa shape index (κ3) is 3.26. The molecule has 0 aromatic heterocycles. The fourth-order valence-electron chi connectivity index (χ4n) is 3.86. The predicted octanol–water partition coefficient (Wildman–Crippen LogP) is 3.13. The van der Waals surface area contributed by atoms with Crippen molar-refractivity contribution >= 4 is 5.69 Å². The lowest BCUT2D eigenvalue weighted by atomic mass is 9.78. The molecule has 3 atom stereocenters. The summed E-state index contributed by atoms with van der Waals surface area (Å²) < 4.78 is 17.1. The molecular formula is C18H27NO4. The highest BCUT2D eigenvalue weighted by molar-refractivity contribution is 5.67. The van der Waals surface area contributed by atoms with Gasteiger partial charge in [0.25, 0.3) is 0 Å². The first-order valence-electron chi connectivity index (χ1n) is 8.53. The Morgan fingerprint density at radius 2 is 2.13 bits per heavy atom. The van der Waals surface area contributed by atoms with Crippen LogP contribution in [-0.2, 0) is 4.74 Å². The zero-order chi connectivity index (χ0) is 16.2. The van der Waals surface area contributed by atoms with Crippen molar-refractivity contribution in [1.82, 2.24) is 0 Å². The Kier molecular flexibility index (Phi) is 5.28. The molecule has 0 bridgehead atoms. The van der Waals surface area contributed by atoms with Gasteiger partial charge in [0.05, 0.1) is 26.0 Å². The van der Waals surface area contributed by atoms with E-state index in [2.05, 4.69) is 11.4 Å². The summed E-state index contributed by atoms with van der Waals surface area (Å²) in [4.78, 5) is 0. The van der Waals surface area contributed by atoms with Crippen LogP contribution in [0.2, 0.25) is 0 Å². The van der Waals surface area contributed by atoms with Crippen LogP contribution >= 0.6 is 0 Å². The van der Waals surface area contributed by atoms with Gasteiger partial charge in [0.2, 0.25) is 0 Å². The number of benzene rings is 1. The van der Waals surface area contributed by atoms with E-state index in [9.17, 15) is 0 Å². The molecule has 2 heterocycles. The van der Waals surface area contributed by atoms with E-state index in [4.69, 9.17) is 19.3 Å². The second kappa shape index (κ2) is 7.41. The standard InChI is InChI=1S/C18H27NO4/c1-21-12-10-14-17(16(11-12)22-2)19-15(7-3-4-8-20)13-6-5-9-23-18(13)14/h10-11,13,15,18-20H,3-9H2,1-2H3/t13-,15+,18+/m0/s1. The number of ether oxygens (including phenoxy) is 3. The lowest BCUT2D eigenvalue weighted by Gasteiger charge is -2.43. The molecule has 2 aliphatic heterocycles. The van der Waals surface area contributed by atoms with E-state index in [1.165, 1.54) is 6.42 Å². The number of hydrogen-bond acceptors (Lipinski definition) is 5. The van der Waals surface area contributed by atoms with E-state index in [1.54, 1.807) is 14.2 Å². The number of hydrogen-bond donors (Lipinski definition) is 2. The maximum absolute atomic E-state index is 9.05. The average Bonchev–Trinajstić information content (AvgIpc) is 2.61. The lowest BCUT2D eigenvalue weighted by molar-refractivity contribution is -0.0389. The molecule has 2 N–H and O–H groups in total. The number of anilines is 1. The molecule has 1 aromatic rings. The van der Waals surface area contributed by atoms with Crippen LogP contribution < -0.4 is 14.8 Å². The monoisotopic (exact) mass is 321 g/mol. The van der Waals surface area contributed by atoms with Gasteiger partial charge in [-0.1, -0.05) is 0 Å². The highest BCUT2D eigenvalue weighted by atomic mass is 16.5. The van der Waals surface area contributed by atoms with Crippen LogP contribution in [0.5, 0.6) is 11.5 Å². The molecule has 128 valence electrons.